The van der Waals surface area contributed by atoms with E-state index in [0.717, 1.165) is 0 Å². The van der Waals surface area contributed by atoms with Crippen LogP contribution in [0.15, 0.2) is 29.4 Å². The van der Waals surface area contributed by atoms with E-state index in [2.05, 4.69) is 15.3 Å². The fraction of sp³-hybridized carbons (Fsp3) is 0.222. The highest BCUT2D eigenvalue weighted by molar-refractivity contribution is 5.92. The molecule has 0 saturated heterocycles. The van der Waals surface area contributed by atoms with Crippen molar-refractivity contribution in [1.82, 2.24) is 0 Å². The molecule has 0 aliphatic rings. The van der Waals surface area contributed by atoms with Gasteiger partial charge in [-0.05, 0) is 17.7 Å². The Morgan fingerprint density at radius 2 is 2.47 bits per heavy atom. The molecule has 1 N–H and O–H groups in total. The van der Waals surface area contributed by atoms with Crippen LogP contribution in [0.1, 0.15) is 0 Å². The maximum absolute atomic E-state index is 11.2. The molecule has 6 nitrogen and oxygen atoms in total. The zero-order valence-corrected chi connectivity index (χ0v) is 8.17. The number of carbonyl (C=O) groups is 1. The molecular formula is C9H10N4O2. The standard InChI is InChI=1S/C9H10N4O2/c1-15-8-4-2-3-7(5-8)12-9(14)6-11-13-10/h2-5H,6H2,1H3,(H,12,14). The van der Waals surface area contributed by atoms with E-state index in [-0.39, 0.29) is 12.5 Å². The highest BCUT2D eigenvalue weighted by Gasteiger charge is 2.00. The second-order valence-corrected chi connectivity index (χ2v) is 2.67. The SMILES string of the molecule is COc1cccc(NC(=O)CN=[N+]=[N-])c1. The van der Waals surface area contributed by atoms with Crippen LogP contribution in [0.5, 0.6) is 5.75 Å². The van der Waals surface area contributed by atoms with Crippen molar-refractivity contribution in [2.45, 2.75) is 0 Å². The van der Waals surface area contributed by atoms with Gasteiger partial charge in [0.1, 0.15) is 12.3 Å². The molecule has 0 atom stereocenters. The minimum absolute atomic E-state index is 0.215. The first-order valence-electron chi connectivity index (χ1n) is 4.21. The van der Waals surface area contributed by atoms with Gasteiger partial charge in [-0.1, -0.05) is 11.2 Å². The third kappa shape index (κ3) is 3.58. The summed E-state index contributed by atoms with van der Waals surface area (Å²) in [6, 6.07) is 6.91. The number of hydrogen-bond acceptors (Lipinski definition) is 3. The zero-order chi connectivity index (χ0) is 11.1. The fourth-order valence-electron chi connectivity index (χ4n) is 0.997. The van der Waals surface area contributed by atoms with E-state index >= 15 is 0 Å². The Bertz CT molecular complexity index is 399. The lowest BCUT2D eigenvalue weighted by Crippen LogP contribution is -2.14. The van der Waals surface area contributed by atoms with Gasteiger partial charge < -0.3 is 10.1 Å². The highest BCUT2D eigenvalue weighted by atomic mass is 16.5. The van der Waals surface area contributed by atoms with Gasteiger partial charge in [0, 0.05) is 16.7 Å². The fourth-order valence-corrected chi connectivity index (χ4v) is 0.997. The molecule has 0 saturated carbocycles. The Labute approximate surface area is 86.5 Å². The monoisotopic (exact) mass is 206 g/mol. The number of hydrogen-bond donors (Lipinski definition) is 1. The average Bonchev–Trinajstić information content (AvgIpc) is 2.26. The lowest BCUT2D eigenvalue weighted by atomic mass is 10.3. The summed E-state index contributed by atoms with van der Waals surface area (Å²) < 4.78 is 4.98. The molecule has 0 bridgehead atoms. The molecule has 1 aromatic rings. The molecular weight excluding hydrogens is 196 g/mol. The first-order valence-corrected chi connectivity index (χ1v) is 4.21. The number of methoxy groups -OCH3 is 1. The van der Waals surface area contributed by atoms with Gasteiger partial charge >= 0.3 is 0 Å². The summed E-state index contributed by atoms with van der Waals surface area (Å²) >= 11 is 0. The molecule has 0 aliphatic carbocycles. The summed E-state index contributed by atoms with van der Waals surface area (Å²) in [4.78, 5) is 13.6. The number of amides is 1. The van der Waals surface area contributed by atoms with Gasteiger partial charge in [0.05, 0.1) is 7.11 Å². The Kier molecular flexibility index (Phi) is 4.00. The van der Waals surface area contributed by atoms with Crippen LogP contribution in [0, 0.1) is 0 Å². The number of benzene rings is 1. The molecule has 1 aromatic carbocycles. The number of ether oxygens (including phenoxy) is 1. The second-order valence-electron chi connectivity index (χ2n) is 2.67. The van der Waals surface area contributed by atoms with Crippen LogP contribution >= 0.6 is 0 Å². The third-order valence-electron chi connectivity index (χ3n) is 1.63. The molecule has 15 heavy (non-hydrogen) atoms. The van der Waals surface area contributed by atoms with Crippen LogP contribution in [-0.4, -0.2) is 19.6 Å². The predicted octanol–water partition coefficient (Wildman–Crippen LogP) is 1.94. The van der Waals surface area contributed by atoms with Gasteiger partial charge in [-0.25, -0.2) is 0 Å². The normalized spacial score (nSPS) is 8.87. The molecule has 0 spiro atoms. The Balaban J connectivity index is 2.63. The molecule has 0 fully saturated rings. The average molecular weight is 206 g/mol. The predicted molar refractivity (Wildman–Crippen MR) is 55.6 cm³/mol. The van der Waals surface area contributed by atoms with Crippen molar-refractivity contribution in [2.75, 3.05) is 19.0 Å². The molecule has 0 aromatic heterocycles. The third-order valence-corrected chi connectivity index (χ3v) is 1.63. The van der Waals surface area contributed by atoms with Crippen molar-refractivity contribution in [2.24, 2.45) is 5.11 Å². The first-order chi connectivity index (χ1) is 7.26. The summed E-state index contributed by atoms with van der Waals surface area (Å²) in [6.07, 6.45) is 0. The second kappa shape index (κ2) is 5.51. The molecule has 1 rings (SSSR count). The van der Waals surface area contributed by atoms with E-state index in [9.17, 15) is 4.79 Å². The van der Waals surface area contributed by atoms with Crippen LogP contribution in [0.3, 0.4) is 0 Å². The molecule has 6 heteroatoms. The summed E-state index contributed by atoms with van der Waals surface area (Å²) in [7, 11) is 1.54. The highest BCUT2D eigenvalue weighted by Crippen LogP contribution is 2.16. The summed E-state index contributed by atoms with van der Waals surface area (Å²) in [5.74, 6) is 0.289. The van der Waals surface area contributed by atoms with Gasteiger partial charge in [-0.2, -0.15) is 0 Å². The van der Waals surface area contributed by atoms with E-state index in [0.29, 0.717) is 11.4 Å². The van der Waals surface area contributed by atoms with Gasteiger partial charge in [0.15, 0.2) is 0 Å². The van der Waals surface area contributed by atoms with Crippen LogP contribution < -0.4 is 10.1 Å². The number of carbonyl (C=O) groups excluding carboxylic acids is 1. The van der Waals surface area contributed by atoms with Crippen molar-refractivity contribution in [3.8, 4) is 5.75 Å². The number of nitrogens with one attached hydrogen (secondary N) is 1. The minimum atomic E-state index is -0.360. The zero-order valence-electron chi connectivity index (χ0n) is 8.17. The van der Waals surface area contributed by atoms with E-state index in [1.54, 1.807) is 31.4 Å². The lowest BCUT2D eigenvalue weighted by molar-refractivity contribution is -0.114. The Morgan fingerprint density at radius 3 is 3.13 bits per heavy atom. The minimum Gasteiger partial charge on any atom is -0.497 e. The van der Waals surface area contributed by atoms with Gasteiger partial charge in [0.2, 0.25) is 5.91 Å². The van der Waals surface area contributed by atoms with Gasteiger partial charge in [0.25, 0.3) is 0 Å². The van der Waals surface area contributed by atoms with Crippen molar-refractivity contribution in [3.63, 3.8) is 0 Å². The number of rotatable bonds is 4. The maximum atomic E-state index is 11.2. The summed E-state index contributed by atoms with van der Waals surface area (Å²) in [5, 5.41) is 5.72. The maximum Gasteiger partial charge on any atom is 0.230 e. The van der Waals surface area contributed by atoms with Gasteiger partial charge in [-0.3, -0.25) is 4.79 Å². The van der Waals surface area contributed by atoms with E-state index < -0.39 is 0 Å². The lowest BCUT2D eigenvalue weighted by Gasteiger charge is -2.04. The Hall–Kier alpha value is -2.20. The smallest absolute Gasteiger partial charge is 0.230 e. The van der Waals surface area contributed by atoms with Crippen LogP contribution in [-0.2, 0) is 4.79 Å². The van der Waals surface area contributed by atoms with Crippen LogP contribution in [0.2, 0.25) is 0 Å². The molecule has 0 heterocycles. The van der Waals surface area contributed by atoms with Crippen LogP contribution in [0.25, 0.3) is 10.4 Å². The first kappa shape index (κ1) is 10.9. The molecule has 0 aliphatic heterocycles. The number of nitrogens with zero attached hydrogens (tertiary/aromatic N) is 3. The van der Waals surface area contributed by atoms with E-state index in [1.165, 1.54) is 0 Å². The summed E-state index contributed by atoms with van der Waals surface area (Å²) in [6.45, 7) is -0.215. The molecule has 1 amide bonds. The Morgan fingerprint density at radius 1 is 1.67 bits per heavy atom. The van der Waals surface area contributed by atoms with Crippen molar-refractivity contribution in [1.29, 1.82) is 0 Å². The quantitative estimate of drug-likeness (QED) is 0.463. The van der Waals surface area contributed by atoms with Crippen molar-refractivity contribution in [3.05, 3.63) is 34.7 Å². The van der Waals surface area contributed by atoms with E-state index in [4.69, 9.17) is 10.3 Å². The summed E-state index contributed by atoms with van der Waals surface area (Å²) in [5.41, 5.74) is 8.63. The topological polar surface area (TPSA) is 87.1 Å². The number of anilines is 1. The molecule has 78 valence electrons. The molecule has 0 radical (unpaired) electrons. The van der Waals surface area contributed by atoms with E-state index in [1.807, 2.05) is 0 Å². The van der Waals surface area contributed by atoms with Crippen molar-refractivity contribution >= 4 is 11.6 Å². The van der Waals surface area contributed by atoms with Crippen LogP contribution in [0.4, 0.5) is 5.69 Å². The number of azide groups is 1. The van der Waals surface area contributed by atoms with Gasteiger partial charge in [-0.15, -0.1) is 0 Å². The largest absolute Gasteiger partial charge is 0.497 e. The van der Waals surface area contributed by atoms with Crippen molar-refractivity contribution < 1.29 is 9.53 Å². The molecule has 0 unspecified atom stereocenters.